The third kappa shape index (κ3) is 2.93. The Bertz CT molecular complexity index is 482. The van der Waals surface area contributed by atoms with Crippen LogP contribution in [0, 0.1) is 6.92 Å². The number of amides is 2. The lowest BCUT2D eigenvalue weighted by Crippen LogP contribution is -2.50. The number of carbonyl (C=O) groups excluding carboxylic acids is 2. The van der Waals surface area contributed by atoms with E-state index in [1.165, 1.54) is 0 Å². The van der Waals surface area contributed by atoms with Gasteiger partial charge in [-0.1, -0.05) is 0 Å². The Morgan fingerprint density at radius 3 is 3.05 bits per heavy atom. The Kier molecular flexibility index (Phi) is 4.16. The smallest absolute Gasteiger partial charge is 0.257 e. The van der Waals surface area contributed by atoms with Crippen LogP contribution in [0.2, 0.25) is 0 Å². The fourth-order valence-electron chi connectivity index (χ4n) is 2.11. The first-order valence-corrected chi connectivity index (χ1v) is 6.42. The summed E-state index contributed by atoms with van der Waals surface area (Å²) in [6.45, 7) is 4.32. The molecule has 0 saturated carbocycles. The lowest BCUT2D eigenvalue weighted by Gasteiger charge is -2.26. The zero-order valence-corrected chi connectivity index (χ0v) is 11.1. The summed E-state index contributed by atoms with van der Waals surface area (Å²) in [6, 6.07) is 0. The molecule has 2 amide bonds. The molecule has 1 aromatic heterocycles. The fourth-order valence-corrected chi connectivity index (χ4v) is 2.11. The highest BCUT2D eigenvalue weighted by molar-refractivity contribution is 5.97. The second kappa shape index (κ2) is 5.83. The van der Waals surface area contributed by atoms with Gasteiger partial charge >= 0.3 is 0 Å². The number of carbonyl (C=O) groups is 2. The molecule has 1 aliphatic rings. The molecule has 1 aliphatic heterocycles. The van der Waals surface area contributed by atoms with Gasteiger partial charge in [-0.15, -0.1) is 0 Å². The summed E-state index contributed by atoms with van der Waals surface area (Å²) >= 11 is 0. The molecule has 7 heteroatoms. The minimum Gasteiger partial charge on any atom is -0.353 e. The SMILES string of the molecule is Cc1c(C(=O)N2CCNC(=O)C2)cnn1CCCN. The van der Waals surface area contributed by atoms with E-state index >= 15 is 0 Å². The topological polar surface area (TPSA) is 93.2 Å². The van der Waals surface area contributed by atoms with Gasteiger partial charge in [-0.2, -0.15) is 5.10 Å². The Hall–Kier alpha value is -1.89. The molecule has 2 heterocycles. The Morgan fingerprint density at radius 1 is 1.58 bits per heavy atom. The average Bonchev–Trinajstić information content (AvgIpc) is 2.77. The van der Waals surface area contributed by atoms with Crippen molar-refractivity contribution in [1.82, 2.24) is 20.0 Å². The lowest BCUT2D eigenvalue weighted by atomic mass is 10.2. The summed E-state index contributed by atoms with van der Waals surface area (Å²) < 4.78 is 1.78. The van der Waals surface area contributed by atoms with Gasteiger partial charge < -0.3 is 16.0 Å². The highest BCUT2D eigenvalue weighted by atomic mass is 16.2. The largest absolute Gasteiger partial charge is 0.353 e. The minimum absolute atomic E-state index is 0.117. The Balaban J connectivity index is 2.10. The third-order valence-electron chi connectivity index (χ3n) is 3.23. The van der Waals surface area contributed by atoms with Crippen LogP contribution in [0.25, 0.3) is 0 Å². The van der Waals surface area contributed by atoms with E-state index in [-0.39, 0.29) is 18.4 Å². The van der Waals surface area contributed by atoms with Crippen molar-refractivity contribution in [2.45, 2.75) is 19.9 Å². The molecule has 0 aromatic carbocycles. The lowest BCUT2D eigenvalue weighted by molar-refractivity contribution is -0.123. The average molecular weight is 265 g/mol. The number of nitrogens with one attached hydrogen (secondary N) is 1. The molecule has 2 rings (SSSR count). The first-order chi connectivity index (χ1) is 9.13. The van der Waals surface area contributed by atoms with Crippen molar-refractivity contribution >= 4 is 11.8 Å². The summed E-state index contributed by atoms with van der Waals surface area (Å²) in [6.07, 6.45) is 2.39. The van der Waals surface area contributed by atoms with Crippen LogP contribution < -0.4 is 11.1 Å². The van der Waals surface area contributed by atoms with Crippen LogP contribution in [0.1, 0.15) is 22.5 Å². The van der Waals surface area contributed by atoms with Crippen LogP contribution in [0.4, 0.5) is 0 Å². The van der Waals surface area contributed by atoms with Gasteiger partial charge in [0.1, 0.15) is 0 Å². The molecule has 19 heavy (non-hydrogen) atoms. The standard InChI is InChI=1S/C12H19N5O2/c1-9-10(7-15-17(9)5-2-3-13)12(19)16-6-4-14-11(18)8-16/h7H,2-6,8,13H2,1H3,(H,14,18). The predicted octanol–water partition coefficient (Wildman–Crippen LogP) is -0.888. The van der Waals surface area contributed by atoms with Crippen molar-refractivity contribution in [3.63, 3.8) is 0 Å². The second-order valence-corrected chi connectivity index (χ2v) is 4.59. The zero-order valence-electron chi connectivity index (χ0n) is 11.1. The van der Waals surface area contributed by atoms with Gasteiger partial charge in [0.15, 0.2) is 0 Å². The van der Waals surface area contributed by atoms with Crippen LogP contribution in [0.15, 0.2) is 6.20 Å². The highest BCUT2D eigenvalue weighted by Crippen LogP contribution is 2.12. The number of rotatable bonds is 4. The normalized spacial score (nSPS) is 15.5. The summed E-state index contributed by atoms with van der Waals surface area (Å²) in [5.41, 5.74) is 6.85. The maximum atomic E-state index is 12.3. The fraction of sp³-hybridized carbons (Fsp3) is 0.583. The second-order valence-electron chi connectivity index (χ2n) is 4.59. The van der Waals surface area contributed by atoms with Crippen molar-refractivity contribution in [1.29, 1.82) is 0 Å². The molecule has 0 atom stereocenters. The first-order valence-electron chi connectivity index (χ1n) is 6.42. The van der Waals surface area contributed by atoms with Crippen molar-refractivity contribution in [2.24, 2.45) is 5.73 Å². The number of nitrogens with zero attached hydrogens (tertiary/aromatic N) is 3. The molecular formula is C12H19N5O2. The molecule has 0 aliphatic carbocycles. The summed E-state index contributed by atoms with van der Waals surface area (Å²) in [4.78, 5) is 25.2. The van der Waals surface area contributed by atoms with Gasteiger partial charge in [0.25, 0.3) is 5.91 Å². The first kappa shape index (κ1) is 13.5. The van der Waals surface area contributed by atoms with Gasteiger partial charge in [-0.3, -0.25) is 14.3 Å². The summed E-state index contributed by atoms with van der Waals surface area (Å²) in [5, 5.41) is 6.90. The van der Waals surface area contributed by atoms with E-state index in [4.69, 9.17) is 5.73 Å². The van der Waals surface area contributed by atoms with E-state index in [1.807, 2.05) is 6.92 Å². The molecule has 0 spiro atoms. The minimum atomic E-state index is -0.133. The van der Waals surface area contributed by atoms with E-state index in [0.29, 0.717) is 31.7 Å². The molecule has 1 aromatic rings. The van der Waals surface area contributed by atoms with E-state index in [2.05, 4.69) is 10.4 Å². The number of nitrogens with two attached hydrogens (primary N) is 1. The number of aryl methyl sites for hydroxylation is 1. The van der Waals surface area contributed by atoms with Crippen LogP contribution in [0.5, 0.6) is 0 Å². The van der Waals surface area contributed by atoms with E-state index in [1.54, 1.807) is 15.8 Å². The van der Waals surface area contributed by atoms with Gasteiger partial charge in [-0.05, 0) is 19.9 Å². The van der Waals surface area contributed by atoms with Gasteiger partial charge in [0.2, 0.25) is 5.91 Å². The molecule has 3 N–H and O–H groups in total. The summed E-state index contributed by atoms with van der Waals surface area (Å²) in [5.74, 6) is -0.251. The van der Waals surface area contributed by atoms with Crippen LogP contribution >= 0.6 is 0 Å². The molecule has 7 nitrogen and oxygen atoms in total. The maximum Gasteiger partial charge on any atom is 0.257 e. The van der Waals surface area contributed by atoms with Crippen LogP contribution in [-0.2, 0) is 11.3 Å². The molecule has 0 radical (unpaired) electrons. The van der Waals surface area contributed by atoms with E-state index in [9.17, 15) is 9.59 Å². The molecular weight excluding hydrogens is 246 g/mol. The molecule has 104 valence electrons. The highest BCUT2D eigenvalue weighted by Gasteiger charge is 2.24. The predicted molar refractivity (Wildman–Crippen MR) is 69.5 cm³/mol. The van der Waals surface area contributed by atoms with Gasteiger partial charge in [0, 0.05) is 25.3 Å². The Morgan fingerprint density at radius 2 is 2.37 bits per heavy atom. The Labute approximate surface area is 111 Å². The maximum absolute atomic E-state index is 12.3. The van der Waals surface area contributed by atoms with E-state index in [0.717, 1.165) is 12.1 Å². The number of piperazine rings is 1. The molecule has 0 bridgehead atoms. The van der Waals surface area contributed by atoms with Crippen molar-refractivity contribution in [3.05, 3.63) is 17.5 Å². The molecule has 0 unspecified atom stereocenters. The number of hydrogen-bond acceptors (Lipinski definition) is 4. The van der Waals surface area contributed by atoms with Crippen molar-refractivity contribution in [3.8, 4) is 0 Å². The molecule has 1 saturated heterocycles. The van der Waals surface area contributed by atoms with Gasteiger partial charge in [0.05, 0.1) is 18.3 Å². The summed E-state index contributed by atoms with van der Waals surface area (Å²) in [7, 11) is 0. The third-order valence-corrected chi connectivity index (χ3v) is 3.23. The number of aromatic nitrogens is 2. The van der Waals surface area contributed by atoms with Gasteiger partial charge in [-0.25, -0.2) is 0 Å². The quantitative estimate of drug-likeness (QED) is 0.738. The van der Waals surface area contributed by atoms with Crippen molar-refractivity contribution in [2.75, 3.05) is 26.2 Å². The zero-order chi connectivity index (χ0) is 13.8. The molecule has 1 fully saturated rings. The van der Waals surface area contributed by atoms with Crippen LogP contribution in [-0.4, -0.2) is 52.7 Å². The number of hydrogen-bond donors (Lipinski definition) is 2. The van der Waals surface area contributed by atoms with Crippen molar-refractivity contribution < 1.29 is 9.59 Å². The monoisotopic (exact) mass is 265 g/mol. The van der Waals surface area contributed by atoms with E-state index < -0.39 is 0 Å². The van der Waals surface area contributed by atoms with Crippen LogP contribution in [0.3, 0.4) is 0 Å².